The number of aromatic nitrogens is 8. The number of hydrogen-bond acceptors (Lipinski definition) is 4. The van der Waals surface area contributed by atoms with Gasteiger partial charge in [0.05, 0.1) is 37.6 Å². The molecule has 19 aromatic rings. The molecule has 1 radical (unpaired) electrons. The van der Waals surface area contributed by atoms with Gasteiger partial charge in [-0.2, -0.15) is 84.5 Å². The van der Waals surface area contributed by atoms with E-state index in [2.05, 4.69) is 338 Å². The van der Waals surface area contributed by atoms with Gasteiger partial charge < -0.3 is 19.5 Å². The van der Waals surface area contributed by atoms with Crippen molar-refractivity contribution in [2.75, 3.05) is 4.90 Å². The molecule has 0 saturated heterocycles. The van der Waals surface area contributed by atoms with Crippen LogP contribution >= 0.6 is 0 Å². The van der Waals surface area contributed by atoms with Gasteiger partial charge in [0.1, 0.15) is 62.9 Å². The van der Waals surface area contributed by atoms with Crippen LogP contribution in [-0.2, 0) is 66.4 Å². The van der Waals surface area contributed by atoms with Crippen molar-refractivity contribution in [2.45, 2.75) is 65.7 Å². The molecule has 0 atom stereocenters. The number of benzene rings is 14. The molecule has 13 heteroatoms. The van der Waals surface area contributed by atoms with Crippen molar-refractivity contribution in [1.82, 2.24) is 23.6 Å². The molecule has 131 heavy (non-hydrogen) atoms. The quantitative estimate of drug-likeness (QED) is 0.112. The Morgan fingerprint density at radius 3 is 1.70 bits per heavy atom. The summed E-state index contributed by atoms with van der Waals surface area (Å²) in [4.78, 5) is 8.37. The zero-order valence-corrected chi connectivity index (χ0v) is 77.4. The van der Waals surface area contributed by atoms with E-state index >= 15 is 0 Å². The molecule has 0 bridgehead atoms. The summed E-state index contributed by atoms with van der Waals surface area (Å²) in [6.07, 6.45) is 23.9. The summed E-state index contributed by atoms with van der Waals surface area (Å²) < 4.78 is 83.8. The Morgan fingerprint density at radius 1 is 0.473 bits per heavy atom. The maximum absolute atomic E-state index is 7.98. The van der Waals surface area contributed by atoms with Crippen LogP contribution in [0, 0.1) is 30.9 Å². The third kappa shape index (κ3) is 17.9. The first-order valence-corrected chi connectivity index (χ1v) is 43.5. The smallest absolute Gasteiger partial charge is 0.537 e. The van der Waals surface area contributed by atoms with Gasteiger partial charge in [-0.1, -0.05) is 246 Å². The number of hydrogen-bond donors (Lipinski definition) is 0. The molecule has 0 unspecified atom stereocenters. The first-order chi connectivity index (χ1) is 66.9. The maximum atomic E-state index is 7.98. The molecule has 0 spiro atoms. The van der Waals surface area contributed by atoms with Crippen LogP contribution in [0.2, 0.25) is 0 Å². The fourth-order valence-electron chi connectivity index (χ4n) is 17.7. The van der Waals surface area contributed by atoms with Crippen molar-refractivity contribution in [3.05, 3.63) is 519 Å². The number of anilines is 1. The minimum Gasteiger partial charge on any atom is -0.537 e. The first-order valence-electron chi connectivity index (χ1n) is 47.5. The third-order valence-electron chi connectivity index (χ3n) is 23.8. The largest absolute Gasteiger partial charge is 3.00 e. The normalized spacial score (nSPS) is 13.7. The van der Waals surface area contributed by atoms with Crippen LogP contribution in [0.3, 0.4) is 0 Å². The van der Waals surface area contributed by atoms with Crippen LogP contribution < -0.4 is 27.9 Å². The van der Waals surface area contributed by atoms with Crippen molar-refractivity contribution in [1.29, 1.82) is 0 Å². The second kappa shape index (κ2) is 39.4. The van der Waals surface area contributed by atoms with Gasteiger partial charge >= 0.3 is 20.1 Å². The van der Waals surface area contributed by atoms with E-state index in [0.29, 0.717) is 23.2 Å². The van der Waals surface area contributed by atoms with Gasteiger partial charge in [0.25, 0.3) is 17.5 Å². The standard InChI is InChI=1S/C24H17N2.C22H25N2.C20H15N2.C16H10O.C13H10N2.C12H10N.C11H8N.2Ir/c1-3-11-19-17(8-1)10-7-15-21(19)26-23-14-6-5-13-22(23)25-16-18-9-2-4-12-20(18)24(25)26;1-15(2)18-10-7-11-19(16(3)4)21(18)24-13-12-23-14-17-8-5-6-9-20(17)22(23)24;1-3-9-17-15(6-1)8-5-11-19(17)22-13-12-21-14-16-7-2-4-10-18(16)20(21)22;1-12-15(13-7-3-2-4-8-13)11-14-9-5-6-10-16(14)17-12;1-2-6-12(7-3-1)15-10-13-8-4-5-9-14(13)11-15;1-2-6-11-10(5-1)9-13-8-4-3-7-12(11)13;1-2-6-10(7-3-1)11-8-4-5-9-12-11;;/h1-15H,16H2;5-13,15-16H,14H2,1-4H3;1-13H,14H2;2-7,9-10H,1H2;1-6,8-11H;1-8H,9H2;1-6,8-9H;;/q3*+1;2*-2;+1;-1;;+3/i;;;;;1D,2D,3D,4D,5D,6D,7D,8D;;;. The fraction of sp³-hybridized carbons (Fsp3) is 0.0847. The number of ether oxygens (including phenoxy) is 1. The minimum atomic E-state index is -0.411. The number of allylic oxidation sites excluding steroid dienone is 4. The number of pyridine rings is 2. The Hall–Kier alpha value is -14.8. The number of rotatable bonds is 8. The molecule has 0 N–H and O–H groups in total. The summed E-state index contributed by atoms with van der Waals surface area (Å²) in [6, 6.07) is 116. The van der Waals surface area contributed by atoms with E-state index in [1.807, 2.05) is 140 Å². The summed E-state index contributed by atoms with van der Waals surface area (Å²) in [5, 5.41) is 5.11. The van der Waals surface area contributed by atoms with Gasteiger partial charge in [-0.25, -0.2) is 19.3 Å². The second-order valence-corrected chi connectivity index (χ2v) is 32.5. The number of imidazole rings is 3. The topological polar surface area (TPSA) is 58.9 Å². The molecule has 5 aromatic heterocycles. The predicted molar refractivity (Wildman–Crippen MR) is 519 cm³/mol. The van der Waals surface area contributed by atoms with Gasteiger partial charge in [-0.15, -0.1) is 67.0 Å². The van der Waals surface area contributed by atoms with E-state index in [1.54, 1.807) is 6.20 Å². The van der Waals surface area contributed by atoms with Crippen molar-refractivity contribution in [3.8, 4) is 79.5 Å². The van der Waals surface area contributed by atoms with Crippen molar-refractivity contribution in [2.24, 2.45) is 0 Å². The summed E-state index contributed by atoms with van der Waals surface area (Å²) in [5.41, 5.74) is 25.0. The first kappa shape index (κ1) is 77.3. The molecule has 26 rings (SSSR count). The third-order valence-corrected chi connectivity index (χ3v) is 23.8. The van der Waals surface area contributed by atoms with Crippen LogP contribution in [0.1, 0.15) is 95.0 Å². The zero-order chi connectivity index (χ0) is 94.1. The van der Waals surface area contributed by atoms with Crippen LogP contribution in [0.25, 0.3) is 112 Å². The molecule has 14 aromatic carbocycles. The minimum absolute atomic E-state index is 0. The second-order valence-electron chi connectivity index (χ2n) is 32.5. The summed E-state index contributed by atoms with van der Waals surface area (Å²) >= 11 is 0. The van der Waals surface area contributed by atoms with Crippen molar-refractivity contribution >= 4 is 43.8 Å². The van der Waals surface area contributed by atoms with Gasteiger partial charge in [0, 0.05) is 94.0 Å². The maximum Gasteiger partial charge on any atom is 3.00 e. The summed E-state index contributed by atoms with van der Waals surface area (Å²) in [5.74, 6) is 6.27. The van der Waals surface area contributed by atoms with E-state index in [1.165, 1.54) is 122 Å². The number of nitrogens with zero attached hydrogens (tertiary/aromatic N) is 10. The van der Waals surface area contributed by atoms with Gasteiger partial charge in [-0.3, -0.25) is 0 Å². The van der Waals surface area contributed by atoms with E-state index < -0.39 is 12.1 Å². The molecule has 0 aliphatic carbocycles. The zero-order valence-electron chi connectivity index (χ0n) is 80.6. The van der Waals surface area contributed by atoms with Crippen LogP contribution in [0.4, 0.5) is 5.69 Å². The SMILES string of the molecule is C=C1Oc2ccccc2[C-]=C1c1[c-]cccc1.CC(C)c1cccc(C(C)C)c1-n1cc[n+]2c1-c1ccccc1C2.[2H]c1c([2H])c([2H])c2c(c1[2H])C[n+]1c([2H])c([2H])c([2H])c([2H])c1-2.[Ir+3].[Ir].[c-]1ccccc1-c1ccccn1.[c-]1ccccc1N1C=C2C=CC=CN2[CH-]1.c1ccc2c(c1)C[n+]1c-2n(-c2cccc3ccccc23)c2ccccc21.c1ccc2c(c1)C[n+]1ccn(-c3cccc4ccccc34)c1-2. The Balaban J connectivity index is 0.000000108. The van der Waals surface area contributed by atoms with E-state index in [0.717, 1.165) is 59.0 Å². The molecule has 12 heterocycles. The summed E-state index contributed by atoms with van der Waals surface area (Å²) in [6.45, 7) is 18.0. The average Bonchev–Trinajstić information content (AvgIpc) is 1.56. The molecule has 11 nitrogen and oxygen atoms in total. The molecular weight excluding hydrogens is 1960 g/mol. The van der Waals surface area contributed by atoms with E-state index in [9.17, 15) is 0 Å². The number of para-hydroxylation sites is 5. The average molecular weight is 2060 g/mol. The Kier molecular flexibility index (Phi) is 23.3. The monoisotopic (exact) mass is 2060 g/mol. The van der Waals surface area contributed by atoms with Crippen LogP contribution in [0.15, 0.2) is 444 Å². The Labute approximate surface area is 805 Å². The van der Waals surface area contributed by atoms with E-state index in [4.69, 9.17) is 15.7 Å². The molecule has 0 fully saturated rings. The molecule has 7 aliphatic rings. The molecular formula is C118H95Ir2N10O+2. The summed E-state index contributed by atoms with van der Waals surface area (Å²) in [7, 11) is 0. The predicted octanol–water partition coefficient (Wildman–Crippen LogP) is 24.9. The van der Waals surface area contributed by atoms with E-state index in [-0.39, 0.29) is 94.4 Å². The fourth-order valence-corrected chi connectivity index (χ4v) is 17.7. The van der Waals surface area contributed by atoms with Crippen molar-refractivity contribution < 1.29 is 74.2 Å². The van der Waals surface area contributed by atoms with Crippen molar-refractivity contribution in [3.63, 3.8) is 0 Å². The Bertz CT molecular complexity index is 7870. The Morgan fingerprint density at radius 2 is 1.03 bits per heavy atom. The molecule has 0 saturated carbocycles. The van der Waals surface area contributed by atoms with Crippen LogP contribution in [-0.4, -0.2) is 23.6 Å². The van der Waals surface area contributed by atoms with Gasteiger partial charge in [0.2, 0.25) is 5.69 Å². The molecule has 7 aliphatic heterocycles. The number of fused-ring (bicyclic) bond motifs is 18. The van der Waals surface area contributed by atoms with Crippen LogP contribution in [0.5, 0.6) is 5.75 Å². The molecule has 639 valence electrons. The van der Waals surface area contributed by atoms with Gasteiger partial charge in [0.15, 0.2) is 23.8 Å². The molecule has 0 amide bonds. The van der Waals surface area contributed by atoms with Gasteiger partial charge in [-0.05, 0) is 113 Å².